The van der Waals surface area contributed by atoms with E-state index < -0.39 is 0 Å². The molecule has 4 aliphatic heterocycles. The Hall–Kier alpha value is -5.82. The molecule has 0 atom stereocenters. The molecule has 0 fully saturated rings. The summed E-state index contributed by atoms with van der Waals surface area (Å²) in [4.78, 5) is 4.96. The van der Waals surface area contributed by atoms with E-state index in [1.54, 1.807) is 0 Å². The summed E-state index contributed by atoms with van der Waals surface area (Å²) < 4.78 is 25.3. The van der Waals surface area contributed by atoms with Crippen molar-refractivity contribution in [1.29, 1.82) is 0 Å². The molecular weight excluding hydrogens is 715 g/mol. The fraction of sp³-hybridized carbons (Fsp3) is 0.294. The third-order valence-corrected chi connectivity index (χ3v) is 12.1. The highest BCUT2D eigenvalue weighted by atomic mass is 16.5. The lowest BCUT2D eigenvalue weighted by Gasteiger charge is -2.45. The largest absolute Gasteiger partial charge is 0.490 e. The fourth-order valence-electron chi connectivity index (χ4n) is 9.13. The van der Waals surface area contributed by atoms with E-state index in [1.807, 2.05) is 0 Å². The second-order valence-electron chi connectivity index (χ2n) is 18.3. The van der Waals surface area contributed by atoms with Crippen molar-refractivity contribution in [2.75, 3.05) is 36.2 Å². The van der Waals surface area contributed by atoms with Crippen molar-refractivity contribution < 1.29 is 18.9 Å². The molecule has 10 rings (SSSR count). The molecule has 4 heterocycles. The molecule has 6 nitrogen and oxygen atoms in total. The molecule has 0 N–H and O–H groups in total. The minimum Gasteiger partial charge on any atom is -0.490 e. The number of rotatable bonds is 3. The van der Waals surface area contributed by atoms with E-state index in [-0.39, 0.29) is 17.5 Å². The van der Waals surface area contributed by atoms with Gasteiger partial charge in [-0.25, -0.2) is 0 Å². The Morgan fingerprint density at radius 3 is 1.72 bits per heavy atom. The van der Waals surface area contributed by atoms with Crippen LogP contribution in [0.15, 0.2) is 109 Å². The van der Waals surface area contributed by atoms with Gasteiger partial charge in [0.15, 0.2) is 23.0 Å². The molecule has 6 aromatic rings. The number of hydrogen-bond acceptors (Lipinski definition) is 6. The third-order valence-electron chi connectivity index (χ3n) is 12.1. The van der Waals surface area contributed by atoms with Crippen LogP contribution in [0.5, 0.6) is 23.0 Å². The van der Waals surface area contributed by atoms with Crippen LogP contribution in [0.2, 0.25) is 0 Å². The van der Waals surface area contributed by atoms with Gasteiger partial charge in [-0.3, -0.25) is 0 Å². The van der Waals surface area contributed by atoms with Gasteiger partial charge in [0.25, 0.3) is 6.71 Å². The Morgan fingerprint density at radius 1 is 0.483 bits per heavy atom. The van der Waals surface area contributed by atoms with Crippen LogP contribution in [0.1, 0.15) is 71.1 Å². The molecule has 58 heavy (non-hydrogen) atoms. The maximum absolute atomic E-state index is 6.46. The number of benzene rings is 6. The SMILES string of the molecule is Cc1cc2c3c(c1)N(c1ccc(C(C)(C)C)cc1-c1ccccc1)c1ccc(C(C)(C)C)cc1B3c1cc3c(cc1N2c1ccc2c(c1)OCCCO2)OCCCO3. The highest BCUT2D eigenvalue weighted by molar-refractivity contribution is 7.00. The smallest absolute Gasteiger partial charge is 0.252 e. The van der Waals surface area contributed by atoms with Crippen LogP contribution in [0.4, 0.5) is 34.1 Å². The zero-order valence-electron chi connectivity index (χ0n) is 34.7. The zero-order chi connectivity index (χ0) is 39.9. The quantitative estimate of drug-likeness (QED) is 0.167. The van der Waals surface area contributed by atoms with Crippen molar-refractivity contribution >= 4 is 57.2 Å². The van der Waals surface area contributed by atoms with Crippen molar-refractivity contribution in [3.05, 3.63) is 126 Å². The standard InChI is InChI=1S/C51H51BN2O4/c1-32-25-43-49-44(26-32)54(40-18-15-34(50(2,3)4)27-37(40)33-13-9-8-10-14-33)41-19-16-35(51(5,6)7)28-38(41)52(49)39-30-47-48(58-24-12-23-57-47)31-42(39)53(43)36-17-20-45-46(29-36)56-22-11-21-55-45/h8-10,13-20,25-31H,11-12,21-24H2,1-7H3. The lowest BCUT2D eigenvalue weighted by Crippen LogP contribution is -2.61. The maximum atomic E-state index is 6.46. The van der Waals surface area contributed by atoms with E-state index in [2.05, 4.69) is 167 Å². The molecular formula is C51H51BN2O4. The van der Waals surface area contributed by atoms with Gasteiger partial charge in [0, 0.05) is 53.3 Å². The first-order chi connectivity index (χ1) is 27.9. The summed E-state index contributed by atoms with van der Waals surface area (Å²) in [5.74, 6) is 3.12. The number of ether oxygens (including phenoxy) is 4. The summed E-state index contributed by atoms with van der Waals surface area (Å²) in [6, 6.07) is 40.7. The normalized spacial score (nSPS) is 15.5. The predicted molar refractivity (Wildman–Crippen MR) is 239 cm³/mol. The van der Waals surface area contributed by atoms with Gasteiger partial charge in [-0.05, 0) is 105 Å². The predicted octanol–water partition coefficient (Wildman–Crippen LogP) is 10.7. The van der Waals surface area contributed by atoms with Gasteiger partial charge in [0.2, 0.25) is 0 Å². The Kier molecular flexibility index (Phi) is 8.59. The molecule has 0 unspecified atom stereocenters. The molecule has 4 aliphatic rings. The number of hydrogen-bond donors (Lipinski definition) is 0. The molecule has 0 saturated heterocycles. The summed E-state index contributed by atoms with van der Waals surface area (Å²) in [6.45, 7) is 18.5. The van der Waals surface area contributed by atoms with Gasteiger partial charge in [-0.1, -0.05) is 90.1 Å². The highest BCUT2D eigenvalue weighted by Gasteiger charge is 2.45. The molecule has 6 aromatic carbocycles. The monoisotopic (exact) mass is 766 g/mol. The number of nitrogens with zero attached hydrogens (tertiary/aromatic N) is 2. The van der Waals surface area contributed by atoms with Gasteiger partial charge in [-0.2, -0.15) is 0 Å². The molecule has 7 heteroatoms. The van der Waals surface area contributed by atoms with Gasteiger partial charge in [-0.15, -0.1) is 0 Å². The second kappa shape index (κ2) is 13.6. The van der Waals surface area contributed by atoms with Crippen molar-refractivity contribution in [3.8, 4) is 34.1 Å². The number of fused-ring (bicyclic) bond motifs is 6. The Balaban J connectivity index is 1.30. The first-order valence-electron chi connectivity index (χ1n) is 20.9. The van der Waals surface area contributed by atoms with Crippen molar-refractivity contribution in [2.45, 2.75) is 72.1 Å². The van der Waals surface area contributed by atoms with E-state index in [0.717, 1.165) is 58.6 Å². The molecule has 0 bridgehead atoms. The Bertz CT molecular complexity index is 2590. The number of aryl methyl sites for hydroxylation is 1. The molecule has 0 spiro atoms. The van der Waals surface area contributed by atoms with Crippen LogP contribution >= 0.6 is 0 Å². The van der Waals surface area contributed by atoms with Gasteiger partial charge in [0.05, 0.1) is 37.8 Å². The van der Waals surface area contributed by atoms with Crippen LogP contribution < -0.4 is 45.1 Å². The lowest BCUT2D eigenvalue weighted by atomic mass is 9.33. The van der Waals surface area contributed by atoms with Crippen molar-refractivity contribution in [3.63, 3.8) is 0 Å². The van der Waals surface area contributed by atoms with Gasteiger partial charge in [0.1, 0.15) is 0 Å². The first-order valence-corrected chi connectivity index (χ1v) is 20.9. The summed E-state index contributed by atoms with van der Waals surface area (Å²) in [5, 5.41) is 0. The van der Waals surface area contributed by atoms with Crippen LogP contribution in [0.3, 0.4) is 0 Å². The van der Waals surface area contributed by atoms with Gasteiger partial charge < -0.3 is 28.7 Å². The molecule has 0 aromatic heterocycles. The summed E-state index contributed by atoms with van der Waals surface area (Å²) in [6.07, 6.45) is 1.68. The molecule has 0 aliphatic carbocycles. The third kappa shape index (κ3) is 6.09. The molecule has 0 amide bonds. The zero-order valence-corrected chi connectivity index (χ0v) is 34.7. The summed E-state index contributed by atoms with van der Waals surface area (Å²) in [5.41, 5.74) is 16.6. The van der Waals surface area contributed by atoms with Gasteiger partial charge >= 0.3 is 0 Å². The Labute approximate surface area is 343 Å². The highest BCUT2D eigenvalue weighted by Crippen LogP contribution is 2.50. The van der Waals surface area contributed by atoms with E-state index >= 15 is 0 Å². The molecule has 0 saturated carbocycles. The van der Waals surface area contributed by atoms with E-state index in [1.165, 1.54) is 55.6 Å². The van der Waals surface area contributed by atoms with Crippen LogP contribution in [-0.2, 0) is 10.8 Å². The van der Waals surface area contributed by atoms with E-state index in [4.69, 9.17) is 18.9 Å². The summed E-state index contributed by atoms with van der Waals surface area (Å²) in [7, 11) is 0. The van der Waals surface area contributed by atoms with Crippen LogP contribution in [0, 0.1) is 6.92 Å². The number of anilines is 6. The fourth-order valence-corrected chi connectivity index (χ4v) is 9.13. The van der Waals surface area contributed by atoms with E-state index in [0.29, 0.717) is 26.4 Å². The second-order valence-corrected chi connectivity index (χ2v) is 18.3. The average molecular weight is 767 g/mol. The lowest BCUT2D eigenvalue weighted by molar-refractivity contribution is 0.296. The Morgan fingerprint density at radius 2 is 1.05 bits per heavy atom. The molecule has 292 valence electrons. The van der Waals surface area contributed by atoms with Crippen LogP contribution in [0.25, 0.3) is 11.1 Å². The topological polar surface area (TPSA) is 43.4 Å². The minimum atomic E-state index is -0.0722. The molecule has 0 radical (unpaired) electrons. The first kappa shape index (κ1) is 36.5. The minimum absolute atomic E-state index is 0.0201. The summed E-state index contributed by atoms with van der Waals surface area (Å²) >= 11 is 0. The average Bonchev–Trinajstić information content (AvgIpc) is 3.59. The van der Waals surface area contributed by atoms with Crippen LogP contribution in [-0.4, -0.2) is 33.1 Å². The maximum Gasteiger partial charge on any atom is 0.252 e. The van der Waals surface area contributed by atoms with E-state index in [9.17, 15) is 0 Å². The van der Waals surface area contributed by atoms with Crippen molar-refractivity contribution in [1.82, 2.24) is 0 Å². The van der Waals surface area contributed by atoms with Crippen molar-refractivity contribution in [2.24, 2.45) is 0 Å².